The average Bonchev–Trinajstić information content (AvgIpc) is 3.23. The number of benzene rings is 1. The van der Waals surface area contributed by atoms with Crippen molar-refractivity contribution in [3.8, 4) is 5.75 Å². The summed E-state index contributed by atoms with van der Waals surface area (Å²) in [4.78, 5) is 2.28. The molecule has 0 heterocycles. The Morgan fingerprint density at radius 2 is 2.32 bits per heavy atom. The Kier molecular flexibility index (Phi) is 4.50. The van der Waals surface area contributed by atoms with Crippen molar-refractivity contribution in [2.75, 3.05) is 20.2 Å². The van der Waals surface area contributed by atoms with E-state index >= 15 is 0 Å². The van der Waals surface area contributed by atoms with Gasteiger partial charge >= 0.3 is 0 Å². The molecule has 0 unspecified atom stereocenters. The van der Waals surface area contributed by atoms with E-state index in [0.29, 0.717) is 29.0 Å². The van der Waals surface area contributed by atoms with Crippen LogP contribution in [0, 0.1) is 0 Å². The number of halogens is 1. The summed E-state index contributed by atoms with van der Waals surface area (Å²) in [5, 5.41) is 12.3. The minimum absolute atomic E-state index is 0.00644. The van der Waals surface area contributed by atoms with Crippen molar-refractivity contribution >= 4 is 17.4 Å². The number of nitrogens with zero attached hydrogens (tertiary/aromatic N) is 2. The first-order valence-electron chi connectivity index (χ1n) is 6.22. The highest BCUT2D eigenvalue weighted by atomic mass is 35.5. The summed E-state index contributed by atoms with van der Waals surface area (Å²) in [5.41, 5.74) is 6.11. The molecule has 6 heteroatoms. The van der Waals surface area contributed by atoms with Gasteiger partial charge in [-0.05, 0) is 38.1 Å². The molecule has 2 rings (SSSR count). The molecule has 19 heavy (non-hydrogen) atoms. The predicted molar refractivity (Wildman–Crippen MR) is 75.1 cm³/mol. The minimum atomic E-state index is -0.00644. The van der Waals surface area contributed by atoms with Crippen LogP contribution in [0.1, 0.15) is 18.4 Å². The molecule has 1 fully saturated rings. The molecule has 1 aromatic carbocycles. The van der Waals surface area contributed by atoms with Gasteiger partial charge in [-0.15, -0.1) is 0 Å². The van der Waals surface area contributed by atoms with Gasteiger partial charge < -0.3 is 20.6 Å². The zero-order chi connectivity index (χ0) is 13.8. The molecule has 0 bridgehead atoms. The summed E-state index contributed by atoms with van der Waals surface area (Å²) in [5.74, 6) is 0.567. The van der Waals surface area contributed by atoms with Gasteiger partial charge in [0, 0.05) is 17.6 Å². The summed E-state index contributed by atoms with van der Waals surface area (Å²) in [6.45, 7) is 1.41. The first-order valence-corrected chi connectivity index (χ1v) is 6.60. The molecule has 0 atom stereocenters. The maximum atomic E-state index is 8.75. The zero-order valence-electron chi connectivity index (χ0n) is 10.8. The number of ether oxygens (including phenoxy) is 1. The van der Waals surface area contributed by atoms with E-state index in [-0.39, 0.29) is 5.84 Å². The average molecular weight is 284 g/mol. The second kappa shape index (κ2) is 6.12. The molecule has 0 amide bonds. The van der Waals surface area contributed by atoms with E-state index < -0.39 is 0 Å². The van der Waals surface area contributed by atoms with E-state index in [2.05, 4.69) is 17.1 Å². The molecule has 1 aromatic rings. The van der Waals surface area contributed by atoms with Gasteiger partial charge in [0.05, 0.1) is 5.56 Å². The van der Waals surface area contributed by atoms with Crippen molar-refractivity contribution in [1.29, 1.82) is 0 Å². The molecular weight excluding hydrogens is 266 g/mol. The van der Waals surface area contributed by atoms with Crippen molar-refractivity contribution in [2.45, 2.75) is 18.9 Å². The van der Waals surface area contributed by atoms with Gasteiger partial charge in [-0.1, -0.05) is 16.8 Å². The van der Waals surface area contributed by atoms with E-state index in [9.17, 15) is 0 Å². The van der Waals surface area contributed by atoms with Crippen LogP contribution < -0.4 is 10.5 Å². The molecule has 3 N–H and O–H groups in total. The molecule has 1 saturated carbocycles. The molecule has 0 aromatic heterocycles. The van der Waals surface area contributed by atoms with Crippen LogP contribution in [0.3, 0.4) is 0 Å². The number of hydrogen-bond acceptors (Lipinski definition) is 4. The standard InChI is InChI=1S/C13H18ClN3O2/c1-17(10-3-4-10)6-7-19-12-5-2-9(14)8-11(12)13(15)16-18/h2,5,8,10,18H,3-4,6-7H2,1H3,(H2,15,16). The summed E-state index contributed by atoms with van der Waals surface area (Å²) in [6, 6.07) is 5.77. The Labute approximate surface area is 117 Å². The van der Waals surface area contributed by atoms with Crippen LogP contribution in [-0.2, 0) is 0 Å². The largest absolute Gasteiger partial charge is 0.491 e. The summed E-state index contributed by atoms with van der Waals surface area (Å²) in [7, 11) is 2.09. The quantitative estimate of drug-likeness (QED) is 0.362. The highest BCUT2D eigenvalue weighted by Crippen LogP contribution is 2.25. The number of rotatable bonds is 6. The molecule has 104 valence electrons. The number of amidine groups is 1. The second-order valence-corrected chi connectivity index (χ2v) is 5.12. The van der Waals surface area contributed by atoms with Crippen molar-refractivity contribution in [3.63, 3.8) is 0 Å². The molecule has 0 aliphatic heterocycles. The first kappa shape index (κ1) is 14.0. The third-order valence-electron chi connectivity index (χ3n) is 3.20. The van der Waals surface area contributed by atoms with Crippen LogP contribution in [0.5, 0.6) is 5.75 Å². The molecule has 1 aliphatic rings. The van der Waals surface area contributed by atoms with E-state index in [1.165, 1.54) is 12.8 Å². The van der Waals surface area contributed by atoms with Gasteiger partial charge in [0.1, 0.15) is 12.4 Å². The third-order valence-corrected chi connectivity index (χ3v) is 3.43. The molecule has 0 spiro atoms. The van der Waals surface area contributed by atoms with Crippen LogP contribution in [0.4, 0.5) is 0 Å². The van der Waals surface area contributed by atoms with Gasteiger partial charge in [0.2, 0.25) is 0 Å². The number of hydrogen-bond donors (Lipinski definition) is 2. The highest BCUT2D eigenvalue weighted by molar-refractivity contribution is 6.31. The van der Waals surface area contributed by atoms with Crippen LogP contribution in [0.2, 0.25) is 5.02 Å². The Morgan fingerprint density at radius 3 is 2.95 bits per heavy atom. The van der Waals surface area contributed by atoms with E-state index in [4.69, 9.17) is 27.3 Å². The maximum absolute atomic E-state index is 8.75. The molecular formula is C13H18ClN3O2. The van der Waals surface area contributed by atoms with Crippen molar-refractivity contribution in [2.24, 2.45) is 10.9 Å². The first-order chi connectivity index (χ1) is 9.11. The van der Waals surface area contributed by atoms with Gasteiger partial charge in [-0.2, -0.15) is 0 Å². The Balaban J connectivity index is 1.98. The van der Waals surface area contributed by atoms with Crippen LogP contribution in [0.25, 0.3) is 0 Å². The zero-order valence-corrected chi connectivity index (χ0v) is 11.6. The maximum Gasteiger partial charge on any atom is 0.173 e. The van der Waals surface area contributed by atoms with Gasteiger partial charge in [0.15, 0.2) is 5.84 Å². The lowest BCUT2D eigenvalue weighted by Crippen LogP contribution is -2.26. The Bertz CT molecular complexity index is 475. The molecule has 0 saturated heterocycles. The Morgan fingerprint density at radius 1 is 1.58 bits per heavy atom. The summed E-state index contributed by atoms with van der Waals surface area (Å²) < 4.78 is 5.69. The third kappa shape index (κ3) is 3.75. The molecule has 1 aliphatic carbocycles. The van der Waals surface area contributed by atoms with Gasteiger partial charge in [-0.25, -0.2) is 0 Å². The van der Waals surface area contributed by atoms with E-state index in [1.807, 2.05) is 0 Å². The summed E-state index contributed by atoms with van der Waals surface area (Å²) in [6.07, 6.45) is 2.54. The monoisotopic (exact) mass is 283 g/mol. The predicted octanol–water partition coefficient (Wildman–Crippen LogP) is 1.91. The number of oxime groups is 1. The normalized spacial score (nSPS) is 15.8. The van der Waals surface area contributed by atoms with Crippen molar-refractivity contribution < 1.29 is 9.94 Å². The topological polar surface area (TPSA) is 71.1 Å². The van der Waals surface area contributed by atoms with E-state index in [0.717, 1.165) is 6.54 Å². The lowest BCUT2D eigenvalue weighted by atomic mass is 10.2. The number of nitrogens with two attached hydrogens (primary N) is 1. The lowest BCUT2D eigenvalue weighted by molar-refractivity contribution is 0.231. The van der Waals surface area contributed by atoms with Gasteiger partial charge in [-0.3, -0.25) is 0 Å². The minimum Gasteiger partial charge on any atom is -0.491 e. The van der Waals surface area contributed by atoms with Crippen LogP contribution in [0.15, 0.2) is 23.4 Å². The van der Waals surface area contributed by atoms with Crippen LogP contribution >= 0.6 is 11.6 Å². The SMILES string of the molecule is CN(CCOc1ccc(Cl)cc1/C(N)=N/O)C1CC1. The van der Waals surface area contributed by atoms with Crippen molar-refractivity contribution in [1.82, 2.24) is 4.90 Å². The van der Waals surface area contributed by atoms with Crippen molar-refractivity contribution in [3.05, 3.63) is 28.8 Å². The fourth-order valence-electron chi connectivity index (χ4n) is 1.88. The fraction of sp³-hybridized carbons (Fsp3) is 0.462. The molecule has 5 nitrogen and oxygen atoms in total. The van der Waals surface area contributed by atoms with Crippen LogP contribution in [-0.4, -0.2) is 42.2 Å². The summed E-state index contributed by atoms with van der Waals surface area (Å²) >= 11 is 5.90. The Hall–Kier alpha value is -1.46. The lowest BCUT2D eigenvalue weighted by Gasteiger charge is -2.17. The molecule has 0 radical (unpaired) electrons. The highest BCUT2D eigenvalue weighted by Gasteiger charge is 2.25. The number of likely N-dealkylation sites (N-methyl/N-ethyl adjacent to an activating group) is 1. The van der Waals surface area contributed by atoms with E-state index in [1.54, 1.807) is 18.2 Å². The van der Waals surface area contributed by atoms with Gasteiger partial charge in [0.25, 0.3) is 0 Å². The second-order valence-electron chi connectivity index (χ2n) is 4.69. The fourth-order valence-corrected chi connectivity index (χ4v) is 2.05. The smallest absolute Gasteiger partial charge is 0.173 e.